The van der Waals surface area contributed by atoms with Crippen LogP contribution < -0.4 is 52.8 Å². The van der Waals surface area contributed by atoms with Crippen molar-refractivity contribution in [2.75, 3.05) is 69.4 Å². The molecule has 0 N–H and O–H groups in total. The number of nitrogens with zero attached hydrogens (tertiary/aromatic N) is 8. The van der Waals surface area contributed by atoms with Crippen LogP contribution in [-0.4, -0.2) is 96.8 Å². The molecule has 117 heavy (non-hydrogen) atoms. The molecule has 4 aliphatic heterocycles. The van der Waals surface area contributed by atoms with Gasteiger partial charge in [0.25, 0.3) is 0 Å². The fourth-order valence-electron chi connectivity index (χ4n) is 15.3. The zero-order chi connectivity index (χ0) is 82.2. The molecule has 18 heteroatoms. The zero-order valence-electron chi connectivity index (χ0n) is 68.3. The highest BCUT2D eigenvalue weighted by Crippen LogP contribution is 2.44. The average Bonchev–Trinajstić information content (AvgIpc) is 1.64. The summed E-state index contributed by atoms with van der Waals surface area (Å²) in [5.74, 6) is 5.92. The molecular formula is C99H99BrClIN8O7. The van der Waals surface area contributed by atoms with Gasteiger partial charge in [0.15, 0.2) is 0 Å². The van der Waals surface area contributed by atoms with Gasteiger partial charge in [-0.05, 0) is 313 Å². The summed E-state index contributed by atoms with van der Waals surface area (Å²) < 4.78 is 39.6. The van der Waals surface area contributed by atoms with Crippen molar-refractivity contribution in [2.24, 2.45) is 20.0 Å². The Balaban J connectivity index is 0.000000135. The maximum absolute atomic E-state index is 6.13. The molecule has 8 unspecified atom stereocenters. The number of methoxy groups -OCH3 is 7. The Bertz CT molecular complexity index is 4960. The quantitative estimate of drug-likeness (QED) is 0.0638. The van der Waals surface area contributed by atoms with E-state index in [-0.39, 0.29) is 48.8 Å². The van der Waals surface area contributed by atoms with Gasteiger partial charge in [-0.2, -0.15) is 0 Å². The maximum Gasteiger partial charge on any atom is 0.148 e. The van der Waals surface area contributed by atoms with Gasteiger partial charge >= 0.3 is 0 Å². The summed E-state index contributed by atoms with van der Waals surface area (Å²) >= 11 is 12.0. The number of anilines is 4. The third-order valence-electron chi connectivity index (χ3n) is 21.8. The topological polar surface area (TPSA) is 127 Å². The zero-order valence-corrected chi connectivity index (χ0v) is 72.8. The van der Waals surface area contributed by atoms with Crippen LogP contribution in [0, 0.1) is 3.57 Å². The minimum atomic E-state index is -0.103. The van der Waals surface area contributed by atoms with E-state index in [2.05, 4.69) is 294 Å². The minimum absolute atomic E-state index is 0.0898. The Morgan fingerprint density at radius 3 is 0.709 bits per heavy atom. The standard InChI is InChI=1S/C26H28N2O2.C25H25ClN2O.C24H23BrN2O2.C24H23IN2O2/c1-5-19-6-8-20(9-7-19)25-18(2)28(22-12-16-24(30-4)17-13-22)26(27-25)21-10-14-23(29-3)15-11-21;1-4-18-5-7-19(8-6-18)24-17(2)28(22-13-11-21(26)12-14-22)25(27-24)20-9-15-23(29-3)16-10-20;2*1-16-23(17-4-12-21(28-2)13-5-17)26-24(18-6-14-22(29-3)15-7-18)27(16)20-10-8-19(25)9-11-20/h6-18,26H,5H2,1-4H3;5-17,25H,4H2,1-3H3;2*4-16,24H,1-3H3. The van der Waals surface area contributed by atoms with Crippen LogP contribution in [0.4, 0.5) is 22.7 Å². The summed E-state index contributed by atoms with van der Waals surface area (Å²) in [5.41, 5.74) is 20.6. The van der Waals surface area contributed by atoms with Gasteiger partial charge in [0.05, 0.1) is 96.8 Å². The van der Waals surface area contributed by atoms with Crippen LogP contribution in [-0.2, 0) is 12.8 Å². The van der Waals surface area contributed by atoms with Gasteiger partial charge in [0.1, 0.15) is 64.9 Å². The summed E-state index contributed by atoms with van der Waals surface area (Å²) in [4.78, 5) is 30.1. The third-order valence-corrected chi connectivity index (χ3v) is 23.3. The lowest BCUT2D eigenvalue weighted by atomic mass is 10.0. The van der Waals surface area contributed by atoms with Gasteiger partial charge in [-0.3, -0.25) is 20.0 Å². The number of benzene rings is 12. The van der Waals surface area contributed by atoms with Crippen molar-refractivity contribution in [3.63, 3.8) is 0 Å². The monoisotopic (exact) mass is 1750 g/mol. The normalized spacial score (nSPS) is 18.5. The summed E-state index contributed by atoms with van der Waals surface area (Å²) in [6.45, 7) is 13.2. The molecule has 0 radical (unpaired) electrons. The molecule has 0 saturated carbocycles. The van der Waals surface area contributed by atoms with E-state index in [0.717, 1.165) is 142 Å². The molecule has 15 nitrogen and oxygen atoms in total. The minimum Gasteiger partial charge on any atom is -0.497 e. The first-order valence-electron chi connectivity index (χ1n) is 39.3. The fourth-order valence-corrected chi connectivity index (χ4v) is 16.0. The van der Waals surface area contributed by atoms with Gasteiger partial charge < -0.3 is 52.8 Å². The molecular weight excluding hydrogens is 1660 g/mol. The van der Waals surface area contributed by atoms with Crippen LogP contribution >= 0.6 is 50.1 Å². The Morgan fingerprint density at radius 1 is 0.282 bits per heavy atom. The third kappa shape index (κ3) is 19.3. The molecule has 598 valence electrons. The first-order chi connectivity index (χ1) is 56.9. The molecule has 0 fully saturated rings. The molecule has 0 aromatic heterocycles. The van der Waals surface area contributed by atoms with Crippen molar-refractivity contribution in [3.8, 4) is 40.2 Å². The van der Waals surface area contributed by atoms with Crippen LogP contribution in [0.5, 0.6) is 40.2 Å². The smallest absolute Gasteiger partial charge is 0.148 e. The Hall–Kier alpha value is -11.4. The number of hydrogen-bond acceptors (Lipinski definition) is 15. The SMILES string of the molecule is CCc1ccc(C2=NC(c3ccc(OC)cc3)N(c3ccc(Cl)cc3)C2C)cc1.CCc1ccc(C2=NC(c3ccc(OC)cc3)N(c3ccc(OC)cc3)C2C)cc1.COc1ccc(C2=NC(c3ccc(OC)cc3)N(c3ccc(Br)cc3)C2C)cc1.COc1ccc(C2=NC(c3ccc(OC)cc3)N(c3ccc(I)cc3)C2C)cc1. The van der Waals surface area contributed by atoms with Gasteiger partial charge in [0.2, 0.25) is 0 Å². The highest BCUT2D eigenvalue weighted by Gasteiger charge is 2.40. The predicted octanol–water partition coefficient (Wildman–Crippen LogP) is 23.5. The number of halogens is 3. The fraction of sp³-hybridized carbons (Fsp3) is 0.232. The Kier molecular flexibility index (Phi) is 27.9. The Morgan fingerprint density at radius 2 is 0.479 bits per heavy atom. The highest BCUT2D eigenvalue weighted by atomic mass is 127. The van der Waals surface area contributed by atoms with Crippen LogP contribution in [0.1, 0.15) is 122 Å². The largest absolute Gasteiger partial charge is 0.497 e. The van der Waals surface area contributed by atoms with E-state index in [1.165, 1.54) is 25.8 Å². The number of hydrogen-bond donors (Lipinski definition) is 0. The average molecular weight is 1760 g/mol. The predicted molar refractivity (Wildman–Crippen MR) is 492 cm³/mol. The molecule has 0 aliphatic carbocycles. The lowest BCUT2D eigenvalue weighted by molar-refractivity contribution is 0.414. The second-order valence-electron chi connectivity index (χ2n) is 28.7. The number of aryl methyl sites for hydroxylation is 2. The first-order valence-corrected chi connectivity index (χ1v) is 41.6. The maximum atomic E-state index is 6.13. The van der Waals surface area contributed by atoms with Crippen LogP contribution in [0.2, 0.25) is 5.02 Å². The van der Waals surface area contributed by atoms with E-state index < -0.39 is 0 Å². The summed E-state index contributed by atoms with van der Waals surface area (Å²) in [6, 6.07) is 100. The van der Waals surface area contributed by atoms with Crippen molar-refractivity contribution < 1.29 is 33.2 Å². The molecule has 0 spiro atoms. The summed E-state index contributed by atoms with van der Waals surface area (Å²) in [7, 11) is 11.8. The number of aliphatic imine (C=N–C) groups is 4. The van der Waals surface area contributed by atoms with Crippen molar-refractivity contribution in [1.82, 2.24) is 0 Å². The summed E-state index contributed by atoms with van der Waals surface area (Å²) in [6.07, 6.45) is 1.68. The van der Waals surface area contributed by atoms with E-state index in [9.17, 15) is 0 Å². The van der Waals surface area contributed by atoms with Crippen LogP contribution in [0.3, 0.4) is 0 Å². The van der Waals surface area contributed by atoms with E-state index in [1.807, 2.05) is 97.1 Å². The molecule has 4 heterocycles. The van der Waals surface area contributed by atoms with Gasteiger partial charge in [-0.1, -0.05) is 138 Å². The van der Waals surface area contributed by atoms with Crippen LogP contribution in [0.15, 0.2) is 316 Å². The van der Waals surface area contributed by atoms with Gasteiger partial charge in [-0.15, -0.1) is 0 Å². The van der Waals surface area contributed by atoms with E-state index in [1.54, 1.807) is 49.8 Å². The van der Waals surface area contributed by atoms with Crippen molar-refractivity contribution in [1.29, 1.82) is 0 Å². The second kappa shape index (κ2) is 39.0. The van der Waals surface area contributed by atoms with Crippen LogP contribution in [0.25, 0.3) is 0 Å². The Labute approximate surface area is 716 Å². The number of rotatable bonds is 21. The van der Waals surface area contributed by atoms with E-state index in [4.69, 9.17) is 64.7 Å². The molecule has 8 atom stereocenters. The summed E-state index contributed by atoms with van der Waals surface area (Å²) in [5, 5.41) is 0.734. The molecule has 12 aromatic rings. The van der Waals surface area contributed by atoms with Crippen molar-refractivity contribution in [2.45, 2.75) is 103 Å². The second-order valence-corrected chi connectivity index (χ2v) is 31.3. The highest BCUT2D eigenvalue weighted by molar-refractivity contribution is 14.1. The molecule has 12 aromatic carbocycles. The van der Waals surface area contributed by atoms with Crippen molar-refractivity contribution in [3.05, 3.63) is 360 Å². The lowest BCUT2D eigenvalue weighted by Gasteiger charge is -2.30. The number of ether oxygens (including phenoxy) is 7. The molecule has 0 bridgehead atoms. The molecule has 16 rings (SSSR count). The first kappa shape index (κ1) is 83.6. The van der Waals surface area contributed by atoms with E-state index in [0.29, 0.717) is 0 Å². The molecule has 0 amide bonds. The van der Waals surface area contributed by atoms with Gasteiger partial charge in [0, 0.05) is 35.8 Å². The van der Waals surface area contributed by atoms with Gasteiger partial charge in [-0.25, -0.2) is 0 Å². The van der Waals surface area contributed by atoms with Crippen molar-refractivity contribution >= 4 is 95.7 Å². The van der Waals surface area contributed by atoms with E-state index >= 15 is 0 Å². The molecule has 4 aliphatic rings. The molecule has 0 saturated heterocycles. The lowest BCUT2D eigenvalue weighted by Crippen LogP contribution is -2.35.